The molecule has 1 aliphatic heterocycles. The summed E-state index contributed by atoms with van der Waals surface area (Å²) in [6.07, 6.45) is -1.23. The maximum atomic E-state index is 13.4. The molecule has 1 aliphatic rings. The van der Waals surface area contributed by atoms with Crippen molar-refractivity contribution in [3.05, 3.63) is 63.7 Å². The van der Waals surface area contributed by atoms with Gasteiger partial charge in [0.1, 0.15) is 23.1 Å². The number of aliphatic hydroxyl groups is 1. The zero-order valence-corrected chi connectivity index (χ0v) is 20.4. The summed E-state index contributed by atoms with van der Waals surface area (Å²) in [4.78, 5) is 25.9. The Balaban J connectivity index is 2.12. The van der Waals surface area contributed by atoms with Crippen LogP contribution in [0.25, 0.3) is 0 Å². The molecule has 0 spiro atoms. The Labute approximate surface area is 199 Å². The van der Waals surface area contributed by atoms with Gasteiger partial charge in [-0.15, -0.1) is 0 Å². The Morgan fingerprint density at radius 2 is 1.88 bits per heavy atom. The number of hydrogen-bond acceptors (Lipinski definition) is 7. The minimum Gasteiger partial charge on any atom is -0.490 e. The molecule has 0 saturated carbocycles. The van der Waals surface area contributed by atoms with Gasteiger partial charge in [0.15, 0.2) is 5.75 Å². The maximum Gasteiger partial charge on any atom is 0.410 e. The molecule has 1 heterocycles. The van der Waals surface area contributed by atoms with Gasteiger partial charge in [0.2, 0.25) is 0 Å². The highest BCUT2D eigenvalue weighted by atomic mass is 16.6. The van der Waals surface area contributed by atoms with Crippen LogP contribution in [0.5, 0.6) is 11.5 Å². The number of carbonyl (C=O) groups is 1. The van der Waals surface area contributed by atoms with Gasteiger partial charge in [-0.3, -0.25) is 15.0 Å². The number of rotatable bonds is 6. The molecular formula is C25H32N2O7. The van der Waals surface area contributed by atoms with E-state index in [0.29, 0.717) is 12.0 Å². The second kappa shape index (κ2) is 9.50. The van der Waals surface area contributed by atoms with E-state index in [2.05, 4.69) is 0 Å². The minimum atomic E-state index is -1.14. The first-order valence-electron chi connectivity index (χ1n) is 11.1. The fraction of sp³-hybridized carbons (Fsp3) is 0.480. The molecule has 0 unspecified atom stereocenters. The topological polar surface area (TPSA) is 111 Å². The Bertz CT molecular complexity index is 1050. The van der Waals surface area contributed by atoms with Gasteiger partial charge in [-0.1, -0.05) is 30.3 Å². The molecule has 1 amide bonds. The molecule has 2 aromatic rings. The monoisotopic (exact) mass is 472 g/mol. The molecule has 2 atom stereocenters. The highest BCUT2D eigenvalue weighted by Gasteiger charge is 2.48. The molecule has 3 rings (SSSR count). The molecular weight excluding hydrogens is 440 g/mol. The van der Waals surface area contributed by atoms with Crippen molar-refractivity contribution >= 4 is 11.8 Å². The van der Waals surface area contributed by atoms with E-state index in [1.165, 1.54) is 24.1 Å². The molecule has 0 aliphatic carbocycles. The van der Waals surface area contributed by atoms with E-state index >= 15 is 0 Å². The van der Waals surface area contributed by atoms with Crippen LogP contribution in [-0.2, 0) is 11.2 Å². The lowest BCUT2D eigenvalue weighted by molar-refractivity contribution is -0.385. The zero-order chi connectivity index (χ0) is 25.3. The van der Waals surface area contributed by atoms with Crippen molar-refractivity contribution in [1.82, 2.24) is 4.90 Å². The Morgan fingerprint density at radius 3 is 2.44 bits per heavy atom. The largest absolute Gasteiger partial charge is 0.490 e. The fourth-order valence-corrected chi connectivity index (χ4v) is 3.98. The van der Waals surface area contributed by atoms with Crippen LogP contribution in [0.1, 0.15) is 51.8 Å². The van der Waals surface area contributed by atoms with Crippen molar-refractivity contribution in [1.29, 1.82) is 0 Å². The number of benzene rings is 2. The van der Waals surface area contributed by atoms with Gasteiger partial charge >= 0.3 is 11.8 Å². The van der Waals surface area contributed by atoms with Crippen LogP contribution >= 0.6 is 0 Å². The van der Waals surface area contributed by atoms with E-state index in [9.17, 15) is 20.0 Å². The molecule has 2 aromatic carbocycles. The summed E-state index contributed by atoms with van der Waals surface area (Å²) in [5.41, 5.74) is -0.733. The lowest BCUT2D eigenvalue weighted by Gasteiger charge is -2.46. The summed E-state index contributed by atoms with van der Waals surface area (Å²) in [7, 11) is 1.33. The van der Waals surface area contributed by atoms with Gasteiger partial charge in [-0.2, -0.15) is 0 Å². The molecule has 0 bridgehead atoms. The number of amides is 1. The van der Waals surface area contributed by atoms with Crippen LogP contribution in [-0.4, -0.2) is 52.0 Å². The second-order valence-electron chi connectivity index (χ2n) is 9.82. The van der Waals surface area contributed by atoms with Crippen LogP contribution in [0.15, 0.2) is 42.5 Å². The quantitative estimate of drug-likeness (QED) is 0.481. The third kappa shape index (κ3) is 5.41. The summed E-state index contributed by atoms with van der Waals surface area (Å²) in [5, 5.41) is 22.9. The van der Waals surface area contributed by atoms with Crippen LogP contribution < -0.4 is 9.47 Å². The van der Waals surface area contributed by atoms with Gasteiger partial charge in [-0.25, -0.2) is 4.79 Å². The number of ether oxygens (including phenoxy) is 3. The first kappa shape index (κ1) is 25.3. The SMILES string of the molecule is COc1cc2c(cc1[N+](=O)[O-])OC(C)(C)[C@H](O)[C@H]2N(CCc1ccccc1)C(=O)OC(C)(C)C. The number of hydrogen-bond donors (Lipinski definition) is 1. The van der Waals surface area contributed by atoms with E-state index in [0.717, 1.165) is 5.56 Å². The maximum absolute atomic E-state index is 13.4. The Hall–Kier alpha value is -3.33. The van der Waals surface area contributed by atoms with Crippen molar-refractivity contribution in [3.8, 4) is 11.5 Å². The van der Waals surface area contributed by atoms with Crippen LogP contribution in [0, 0.1) is 10.1 Å². The van der Waals surface area contributed by atoms with E-state index < -0.39 is 34.4 Å². The second-order valence-corrected chi connectivity index (χ2v) is 9.82. The predicted octanol–water partition coefficient (Wildman–Crippen LogP) is 4.66. The predicted molar refractivity (Wildman–Crippen MR) is 126 cm³/mol. The van der Waals surface area contributed by atoms with E-state index in [-0.39, 0.29) is 23.7 Å². The molecule has 1 N–H and O–H groups in total. The highest BCUT2D eigenvalue weighted by molar-refractivity contribution is 5.70. The molecule has 0 radical (unpaired) electrons. The molecule has 0 aromatic heterocycles. The van der Waals surface area contributed by atoms with Gasteiger partial charge < -0.3 is 19.3 Å². The standard InChI is InChI=1S/C25H32N2O7/c1-24(2,3)34-23(29)26(13-12-16-10-8-7-9-11-16)21-17-14-20(32-6)18(27(30)31)15-19(17)33-25(4,5)22(21)28/h7-11,14-15,21-22,28H,12-13H2,1-6H3/t21-,22+/m0/s1. The molecule has 0 fully saturated rings. The van der Waals surface area contributed by atoms with Crippen molar-refractivity contribution in [3.63, 3.8) is 0 Å². The number of nitrogens with zero attached hydrogens (tertiary/aromatic N) is 2. The van der Waals surface area contributed by atoms with Gasteiger partial charge in [0, 0.05) is 12.1 Å². The minimum absolute atomic E-state index is 0.0106. The van der Waals surface area contributed by atoms with E-state index in [1.54, 1.807) is 34.6 Å². The number of nitro benzene ring substituents is 1. The van der Waals surface area contributed by atoms with Gasteiger partial charge in [0.25, 0.3) is 0 Å². The van der Waals surface area contributed by atoms with Crippen LogP contribution in [0.2, 0.25) is 0 Å². The third-order valence-electron chi connectivity index (χ3n) is 5.66. The lowest BCUT2D eigenvalue weighted by atomic mass is 9.85. The van der Waals surface area contributed by atoms with E-state index in [4.69, 9.17) is 14.2 Å². The smallest absolute Gasteiger partial charge is 0.410 e. The van der Waals surface area contributed by atoms with E-state index in [1.807, 2.05) is 30.3 Å². The summed E-state index contributed by atoms with van der Waals surface area (Å²) < 4.78 is 16.9. The summed E-state index contributed by atoms with van der Waals surface area (Å²) >= 11 is 0. The molecule has 184 valence electrons. The highest BCUT2D eigenvalue weighted by Crippen LogP contribution is 2.47. The first-order valence-corrected chi connectivity index (χ1v) is 11.1. The summed E-state index contributed by atoms with van der Waals surface area (Å²) in [6, 6.07) is 11.5. The van der Waals surface area contributed by atoms with Crippen molar-refractivity contribution < 1.29 is 29.0 Å². The number of carbonyl (C=O) groups excluding carboxylic acids is 1. The van der Waals surface area contributed by atoms with Crippen LogP contribution in [0.4, 0.5) is 10.5 Å². The summed E-state index contributed by atoms with van der Waals surface area (Å²) in [6.45, 7) is 8.90. The first-order chi connectivity index (χ1) is 15.8. The third-order valence-corrected chi connectivity index (χ3v) is 5.66. The number of methoxy groups -OCH3 is 1. The average Bonchev–Trinajstić information content (AvgIpc) is 2.74. The Kier molecular flexibility index (Phi) is 7.07. The number of nitro groups is 1. The van der Waals surface area contributed by atoms with Crippen LogP contribution in [0.3, 0.4) is 0 Å². The van der Waals surface area contributed by atoms with Gasteiger partial charge in [0.05, 0.1) is 24.1 Å². The zero-order valence-electron chi connectivity index (χ0n) is 20.4. The van der Waals surface area contributed by atoms with Crippen molar-refractivity contribution in [2.45, 2.75) is 64.4 Å². The molecule has 9 heteroatoms. The average molecular weight is 473 g/mol. The Morgan fingerprint density at radius 1 is 1.24 bits per heavy atom. The molecule has 9 nitrogen and oxygen atoms in total. The number of fused-ring (bicyclic) bond motifs is 1. The number of aliphatic hydroxyl groups excluding tert-OH is 1. The normalized spacial score (nSPS) is 18.9. The fourth-order valence-electron chi connectivity index (χ4n) is 3.98. The van der Waals surface area contributed by atoms with Crippen molar-refractivity contribution in [2.24, 2.45) is 0 Å². The van der Waals surface area contributed by atoms with Gasteiger partial charge in [-0.05, 0) is 52.7 Å². The lowest BCUT2D eigenvalue weighted by Crippen LogP contribution is -2.55. The summed E-state index contributed by atoms with van der Waals surface area (Å²) in [5.74, 6) is 0.220. The molecule has 34 heavy (non-hydrogen) atoms. The molecule has 0 saturated heterocycles. The van der Waals surface area contributed by atoms with Crippen molar-refractivity contribution in [2.75, 3.05) is 13.7 Å².